The Kier molecular flexibility index (Phi) is 7.07. The third kappa shape index (κ3) is 5.34. The van der Waals surface area contributed by atoms with Crippen LogP contribution in [0.5, 0.6) is 0 Å². The highest BCUT2D eigenvalue weighted by molar-refractivity contribution is 6.42. The van der Waals surface area contributed by atoms with Crippen LogP contribution in [-0.2, 0) is 11.3 Å². The maximum Gasteiger partial charge on any atom is 0.237 e. The fourth-order valence-corrected chi connectivity index (χ4v) is 3.92. The van der Waals surface area contributed by atoms with E-state index in [0.29, 0.717) is 23.1 Å². The van der Waals surface area contributed by atoms with Crippen LogP contribution < -0.4 is 5.32 Å². The fraction of sp³-hybridized carbons (Fsp3) is 0.500. The van der Waals surface area contributed by atoms with Gasteiger partial charge >= 0.3 is 0 Å². The van der Waals surface area contributed by atoms with Gasteiger partial charge in [-0.2, -0.15) is 10.4 Å². The van der Waals surface area contributed by atoms with Crippen molar-refractivity contribution in [1.29, 1.82) is 5.26 Å². The Balaban J connectivity index is 1.58. The molecule has 2 heterocycles. The van der Waals surface area contributed by atoms with E-state index in [2.05, 4.69) is 25.2 Å². The number of likely N-dealkylation sites (tertiary alicyclic amines) is 1. The number of halogens is 2. The van der Waals surface area contributed by atoms with Crippen LogP contribution in [0.2, 0.25) is 10.0 Å². The number of aromatic nitrogens is 2. The lowest BCUT2D eigenvalue weighted by Crippen LogP contribution is -2.48. The second-order valence-corrected chi connectivity index (χ2v) is 9.20. The summed E-state index contributed by atoms with van der Waals surface area (Å²) in [6.45, 7) is 7.79. The molecular weight excluding hydrogens is 421 g/mol. The van der Waals surface area contributed by atoms with Crippen LogP contribution >= 0.6 is 23.2 Å². The summed E-state index contributed by atoms with van der Waals surface area (Å²) < 4.78 is 1.97. The zero-order chi connectivity index (χ0) is 21.9. The molecule has 1 amide bonds. The zero-order valence-electron chi connectivity index (χ0n) is 17.6. The van der Waals surface area contributed by atoms with Gasteiger partial charge in [0.05, 0.1) is 28.4 Å². The number of rotatable bonds is 7. The lowest BCUT2D eigenvalue weighted by Gasteiger charge is -2.28. The summed E-state index contributed by atoms with van der Waals surface area (Å²) in [4.78, 5) is 14.2. The van der Waals surface area contributed by atoms with Gasteiger partial charge in [-0.1, -0.05) is 29.3 Å². The number of hydrogen-bond acceptors (Lipinski definition) is 4. The molecule has 8 heteroatoms. The molecule has 1 aromatic carbocycles. The molecule has 0 spiro atoms. The number of aryl methyl sites for hydroxylation is 2. The molecule has 160 valence electrons. The van der Waals surface area contributed by atoms with Crippen molar-refractivity contribution in [3.8, 4) is 17.3 Å². The maximum atomic E-state index is 12.5. The molecule has 2 aromatic rings. The van der Waals surface area contributed by atoms with Gasteiger partial charge in [0.1, 0.15) is 6.04 Å². The Morgan fingerprint density at radius 2 is 2.10 bits per heavy atom. The number of nitrogens with zero attached hydrogens (tertiary/aromatic N) is 4. The van der Waals surface area contributed by atoms with Gasteiger partial charge in [0.2, 0.25) is 5.91 Å². The van der Waals surface area contributed by atoms with E-state index in [1.165, 1.54) is 0 Å². The van der Waals surface area contributed by atoms with Gasteiger partial charge < -0.3 is 10.2 Å². The van der Waals surface area contributed by atoms with Crippen molar-refractivity contribution in [2.45, 2.75) is 58.2 Å². The summed E-state index contributed by atoms with van der Waals surface area (Å²) in [5, 5.41) is 18.3. The van der Waals surface area contributed by atoms with Gasteiger partial charge in [0.25, 0.3) is 0 Å². The Bertz CT molecular complexity index is 963. The molecule has 30 heavy (non-hydrogen) atoms. The van der Waals surface area contributed by atoms with E-state index >= 15 is 0 Å². The lowest BCUT2D eigenvalue weighted by molar-refractivity contribution is -0.130. The van der Waals surface area contributed by atoms with Crippen LogP contribution in [0.15, 0.2) is 24.3 Å². The maximum absolute atomic E-state index is 12.5. The van der Waals surface area contributed by atoms with Crippen LogP contribution in [-0.4, -0.2) is 45.3 Å². The molecule has 1 N–H and O–H groups in total. The summed E-state index contributed by atoms with van der Waals surface area (Å²) in [7, 11) is 0. The van der Waals surface area contributed by atoms with E-state index in [9.17, 15) is 10.1 Å². The van der Waals surface area contributed by atoms with E-state index in [1.807, 2.05) is 29.8 Å². The Morgan fingerprint density at radius 3 is 2.80 bits per heavy atom. The fourth-order valence-electron chi connectivity index (χ4n) is 3.62. The minimum absolute atomic E-state index is 0.00991. The first-order chi connectivity index (χ1) is 14.2. The van der Waals surface area contributed by atoms with E-state index in [-0.39, 0.29) is 24.0 Å². The van der Waals surface area contributed by atoms with Crippen molar-refractivity contribution in [2.24, 2.45) is 0 Å². The highest BCUT2D eigenvalue weighted by Crippen LogP contribution is 2.28. The highest BCUT2D eigenvalue weighted by atomic mass is 35.5. The summed E-state index contributed by atoms with van der Waals surface area (Å²) in [5.41, 5.74) is 2.58. The molecule has 1 aromatic heterocycles. The van der Waals surface area contributed by atoms with Crippen LogP contribution in [0.25, 0.3) is 11.3 Å². The SMILES string of the molecule is Cc1cc(-c2ccc(Cl)c(Cl)c2)nn1CCC(C)(C)NCC(=O)N1CCCC1C#N. The Hall–Kier alpha value is -2.07. The number of hydrogen-bond donors (Lipinski definition) is 1. The largest absolute Gasteiger partial charge is 0.326 e. The predicted molar refractivity (Wildman–Crippen MR) is 119 cm³/mol. The molecular formula is C22H27Cl2N5O. The van der Waals surface area contributed by atoms with E-state index in [4.69, 9.17) is 28.3 Å². The van der Waals surface area contributed by atoms with E-state index < -0.39 is 0 Å². The molecule has 1 unspecified atom stereocenters. The number of nitriles is 1. The van der Waals surface area contributed by atoms with Crippen molar-refractivity contribution < 1.29 is 4.79 Å². The van der Waals surface area contributed by atoms with E-state index in [0.717, 1.165) is 36.2 Å². The molecule has 3 rings (SSSR count). The smallest absolute Gasteiger partial charge is 0.237 e. The second-order valence-electron chi connectivity index (χ2n) is 8.38. The summed E-state index contributed by atoms with van der Waals surface area (Å²) in [5.74, 6) is -0.00991. The normalized spacial score (nSPS) is 16.7. The van der Waals surface area contributed by atoms with Gasteiger partial charge in [0, 0.05) is 29.9 Å². The van der Waals surface area contributed by atoms with Crippen molar-refractivity contribution in [2.75, 3.05) is 13.1 Å². The molecule has 1 atom stereocenters. The number of carbonyl (C=O) groups excluding carboxylic acids is 1. The Morgan fingerprint density at radius 1 is 1.33 bits per heavy atom. The minimum atomic E-state index is -0.283. The first kappa shape index (κ1) is 22.6. The third-order valence-electron chi connectivity index (χ3n) is 5.59. The Labute approximate surface area is 187 Å². The average molecular weight is 448 g/mol. The van der Waals surface area contributed by atoms with E-state index in [1.54, 1.807) is 11.0 Å². The van der Waals surface area contributed by atoms with Crippen LogP contribution in [0, 0.1) is 18.3 Å². The van der Waals surface area contributed by atoms with Crippen molar-refractivity contribution in [1.82, 2.24) is 20.0 Å². The quantitative estimate of drug-likeness (QED) is 0.680. The van der Waals surface area contributed by atoms with Crippen molar-refractivity contribution >= 4 is 29.1 Å². The molecule has 1 saturated heterocycles. The number of benzene rings is 1. The molecule has 6 nitrogen and oxygen atoms in total. The molecule has 1 fully saturated rings. The van der Waals surface area contributed by atoms with Gasteiger partial charge in [0.15, 0.2) is 0 Å². The lowest BCUT2D eigenvalue weighted by atomic mass is 10.0. The third-order valence-corrected chi connectivity index (χ3v) is 6.32. The van der Waals surface area contributed by atoms with Crippen LogP contribution in [0.4, 0.5) is 0 Å². The first-order valence-corrected chi connectivity index (χ1v) is 10.9. The number of amides is 1. The minimum Gasteiger partial charge on any atom is -0.326 e. The van der Waals surface area contributed by atoms with Gasteiger partial charge in [-0.05, 0) is 58.2 Å². The summed E-state index contributed by atoms with van der Waals surface area (Å²) >= 11 is 12.1. The topological polar surface area (TPSA) is 74.0 Å². The summed E-state index contributed by atoms with van der Waals surface area (Å²) in [6, 6.07) is 9.46. The number of carbonyl (C=O) groups is 1. The predicted octanol–water partition coefficient (Wildman–Crippen LogP) is 4.44. The highest BCUT2D eigenvalue weighted by Gasteiger charge is 2.29. The molecule has 0 aliphatic carbocycles. The average Bonchev–Trinajstić information content (AvgIpc) is 3.33. The van der Waals surface area contributed by atoms with Gasteiger partial charge in [-0.25, -0.2) is 0 Å². The molecule has 1 aliphatic heterocycles. The summed E-state index contributed by atoms with van der Waals surface area (Å²) in [6.07, 6.45) is 2.46. The first-order valence-electron chi connectivity index (χ1n) is 10.1. The van der Waals surface area contributed by atoms with Crippen LogP contribution in [0.3, 0.4) is 0 Å². The zero-order valence-corrected chi connectivity index (χ0v) is 19.1. The molecule has 0 bridgehead atoms. The van der Waals surface area contributed by atoms with Gasteiger partial charge in [-0.15, -0.1) is 0 Å². The second kappa shape index (κ2) is 9.38. The molecule has 1 aliphatic rings. The monoisotopic (exact) mass is 447 g/mol. The van der Waals surface area contributed by atoms with Crippen LogP contribution in [0.1, 0.15) is 38.8 Å². The van der Waals surface area contributed by atoms with Gasteiger partial charge in [-0.3, -0.25) is 9.48 Å². The molecule has 0 radical (unpaired) electrons. The standard InChI is InChI=1S/C22H27Cl2N5O/c1-15-11-20(16-6-7-18(23)19(24)12-16)27-29(15)10-8-22(2,3)26-14-21(30)28-9-4-5-17(28)13-25/h6-7,11-12,17,26H,4-5,8-10,14H2,1-3H3. The molecule has 0 saturated carbocycles. The van der Waals surface area contributed by atoms with Crippen molar-refractivity contribution in [3.05, 3.63) is 40.0 Å². The number of nitrogens with one attached hydrogen (secondary N) is 1. The van der Waals surface area contributed by atoms with Crippen molar-refractivity contribution in [3.63, 3.8) is 0 Å².